The highest BCUT2D eigenvalue weighted by Crippen LogP contribution is 2.40. The molecule has 0 spiro atoms. The van der Waals surface area contributed by atoms with Gasteiger partial charge in [0.1, 0.15) is 0 Å². The molecule has 0 saturated carbocycles. The van der Waals surface area contributed by atoms with Gasteiger partial charge in [0.05, 0.1) is 0 Å². The van der Waals surface area contributed by atoms with Crippen molar-refractivity contribution >= 4 is 323 Å². The van der Waals surface area contributed by atoms with Gasteiger partial charge in [-0.3, -0.25) is 0 Å². The minimum atomic E-state index is -0.250. The van der Waals surface area contributed by atoms with Gasteiger partial charge in [-0.2, -0.15) is 0 Å². The van der Waals surface area contributed by atoms with E-state index in [0.29, 0.717) is 0 Å². The second-order valence-electron chi connectivity index (χ2n) is 1.71. The molecule has 0 N–H and O–H groups in total. The molecular formula is C4H4Br20. The number of halogens is 20. The normalized spacial score (nSPS) is 10.0. The van der Waals surface area contributed by atoms with Crippen LogP contribution in [0, 0.1) is 0 Å². The van der Waals surface area contributed by atoms with E-state index in [1.165, 1.54) is 0 Å². The topological polar surface area (TPSA) is 0 Å². The second kappa shape index (κ2) is 28.8. The first-order chi connectivity index (χ1) is 8.00. The Labute approximate surface area is 319 Å². The van der Waals surface area contributed by atoms with Crippen LogP contribution in [0.15, 0.2) is 0 Å². The fourth-order valence-corrected chi connectivity index (χ4v) is 0. The van der Waals surface area contributed by atoms with E-state index in [0.717, 1.165) is 0 Å². The summed E-state index contributed by atoms with van der Waals surface area (Å²) >= 11 is 50.0. The summed E-state index contributed by atoms with van der Waals surface area (Å²) in [5.74, 6) is 0. The Hall–Kier alpha value is 9.60. The van der Waals surface area contributed by atoms with Crippen molar-refractivity contribution in [3.05, 3.63) is 0 Å². The standard InChI is InChI=1S/4CBr4.4BrH/c4*2-1(3,4)5;;;;/h;;;;4*1H. The Balaban J connectivity index is -0.0000000225. The molecule has 0 aromatic rings. The van der Waals surface area contributed by atoms with Crippen molar-refractivity contribution in [1.29, 1.82) is 0 Å². The number of alkyl halides is 16. The zero-order chi connectivity index (χ0) is 18.0. The molecule has 0 fully saturated rings. The van der Waals surface area contributed by atoms with E-state index in [1.807, 2.05) is 0 Å². The maximum absolute atomic E-state index is 3.12. The Bertz CT molecular complexity index is 126. The second-order valence-corrected chi connectivity index (χ2v) is 46.3. The summed E-state index contributed by atoms with van der Waals surface area (Å²) in [4.78, 5) is 0. The van der Waals surface area contributed by atoms with Crippen molar-refractivity contribution in [3.8, 4) is 0 Å². The van der Waals surface area contributed by atoms with Gasteiger partial charge < -0.3 is 0 Å². The van der Waals surface area contributed by atoms with Crippen molar-refractivity contribution in [2.24, 2.45) is 0 Å². The van der Waals surface area contributed by atoms with Gasteiger partial charge in [-0.15, -0.1) is 67.9 Å². The molecule has 0 aromatic carbocycles. The SMILES string of the molecule is Br.Br.Br.Br.BrC(Br)(Br)Br.BrC(Br)(Br)Br.BrC(Br)(Br)Br.BrC(Br)(Br)Br. The zero-order valence-electron chi connectivity index (χ0n) is 9.68. The predicted octanol–water partition coefficient (Wildman–Crippen LogP) is 15.0. The average molecular weight is 1650 g/mol. The molecule has 0 rings (SSSR count). The Morgan fingerprint density at radius 2 is 0.208 bits per heavy atom. The van der Waals surface area contributed by atoms with Crippen LogP contribution in [0.5, 0.6) is 0 Å². The van der Waals surface area contributed by atoms with Crippen LogP contribution in [0.1, 0.15) is 0 Å². The third-order valence-electron chi connectivity index (χ3n) is 0. The zero-order valence-corrected chi connectivity index (χ0v) is 41.9. The van der Waals surface area contributed by atoms with Crippen LogP contribution in [0.2, 0.25) is 0 Å². The number of hydrogen-bond acceptors (Lipinski definition) is 0. The minimum Gasteiger partial charge on any atom is -0.114 e. The van der Waals surface area contributed by atoms with Crippen molar-refractivity contribution in [2.45, 2.75) is 4.21 Å². The highest BCUT2D eigenvalue weighted by molar-refractivity contribution is 9.53. The molecule has 0 amide bonds. The highest BCUT2D eigenvalue weighted by Gasteiger charge is 2.09. The average Bonchev–Trinajstić information content (AvgIpc) is 1.62. The van der Waals surface area contributed by atoms with Crippen LogP contribution in [0.3, 0.4) is 0 Å². The van der Waals surface area contributed by atoms with Crippen LogP contribution in [-0.4, -0.2) is 4.21 Å². The monoisotopic (exact) mass is 1630 g/mol. The van der Waals surface area contributed by atoms with Crippen LogP contribution >= 0.6 is 323 Å². The van der Waals surface area contributed by atoms with Gasteiger partial charge in [-0.05, 0) is 255 Å². The Morgan fingerprint density at radius 1 is 0.208 bits per heavy atom. The van der Waals surface area contributed by atoms with Gasteiger partial charge in [0.2, 0.25) is 0 Å². The lowest BCUT2D eigenvalue weighted by atomic mass is 12.0. The van der Waals surface area contributed by atoms with Gasteiger partial charge >= 0.3 is 0 Å². The quantitative estimate of drug-likeness (QED) is 0.212. The van der Waals surface area contributed by atoms with E-state index in [9.17, 15) is 0 Å². The molecule has 160 valence electrons. The van der Waals surface area contributed by atoms with Crippen molar-refractivity contribution < 1.29 is 0 Å². The summed E-state index contributed by atoms with van der Waals surface area (Å²) in [5.41, 5.74) is 0. The Kier molecular flexibility index (Phi) is 65.5. The molecular weight excluding hydrogens is 1650 g/mol. The van der Waals surface area contributed by atoms with E-state index < -0.39 is 0 Å². The maximum Gasteiger partial charge on any atom is 0.189 e. The van der Waals surface area contributed by atoms with Crippen LogP contribution < -0.4 is 0 Å². The lowest BCUT2D eigenvalue weighted by molar-refractivity contribution is 2.14. The molecule has 0 saturated heterocycles. The van der Waals surface area contributed by atoms with E-state index in [2.05, 4.69) is 255 Å². The summed E-state index contributed by atoms with van der Waals surface area (Å²) in [6.07, 6.45) is 0. The highest BCUT2D eigenvalue weighted by atomic mass is 80.0. The van der Waals surface area contributed by atoms with Crippen molar-refractivity contribution in [1.82, 2.24) is 0 Å². The van der Waals surface area contributed by atoms with Gasteiger partial charge in [0, 0.05) is 0 Å². The molecule has 0 aromatic heterocycles. The first-order valence-corrected chi connectivity index (χ1v) is 15.7. The first kappa shape index (κ1) is 54.5. The summed E-state index contributed by atoms with van der Waals surface area (Å²) in [6.45, 7) is 0. The molecule has 24 heavy (non-hydrogen) atoms. The molecule has 0 atom stereocenters. The van der Waals surface area contributed by atoms with Crippen LogP contribution in [-0.2, 0) is 0 Å². The molecule has 0 aliphatic rings. The summed E-state index contributed by atoms with van der Waals surface area (Å²) in [6, 6.07) is 0. The number of hydrogen-bond donors (Lipinski definition) is 0. The van der Waals surface area contributed by atoms with Crippen LogP contribution in [0.4, 0.5) is 0 Å². The lowest BCUT2D eigenvalue weighted by Crippen LogP contribution is -1.75. The van der Waals surface area contributed by atoms with Crippen LogP contribution in [0.25, 0.3) is 0 Å². The predicted molar refractivity (Wildman–Crippen MR) is 195 cm³/mol. The van der Waals surface area contributed by atoms with E-state index in [-0.39, 0.29) is 72.1 Å². The molecule has 0 aliphatic heterocycles. The van der Waals surface area contributed by atoms with Crippen molar-refractivity contribution in [3.63, 3.8) is 0 Å². The largest absolute Gasteiger partial charge is 0.189 e. The minimum absolute atomic E-state index is 0. The summed E-state index contributed by atoms with van der Waals surface area (Å²) in [7, 11) is 0. The molecule has 0 bridgehead atoms. The molecule has 0 unspecified atom stereocenters. The first-order valence-electron chi connectivity index (χ1n) is 3.02. The van der Waals surface area contributed by atoms with Gasteiger partial charge in [0.25, 0.3) is 0 Å². The van der Waals surface area contributed by atoms with E-state index in [4.69, 9.17) is 0 Å². The summed E-state index contributed by atoms with van der Waals surface area (Å²) in [5, 5.41) is 0. The van der Waals surface area contributed by atoms with Gasteiger partial charge in [-0.1, -0.05) is 0 Å². The molecule has 0 heterocycles. The Morgan fingerprint density at radius 3 is 0.208 bits per heavy atom. The van der Waals surface area contributed by atoms with Gasteiger partial charge in [0.15, 0.2) is 4.21 Å². The molecule has 0 nitrogen and oxygen atoms in total. The lowest BCUT2D eigenvalue weighted by Gasteiger charge is -1.93. The fraction of sp³-hybridized carbons (Fsp3) is 1.00. The third-order valence-corrected chi connectivity index (χ3v) is 0. The molecule has 0 radical (unpaired) electrons. The van der Waals surface area contributed by atoms with Gasteiger partial charge in [-0.25, -0.2) is 0 Å². The maximum atomic E-state index is 3.12. The third kappa shape index (κ3) is 321. The van der Waals surface area contributed by atoms with E-state index in [1.54, 1.807) is 0 Å². The summed E-state index contributed by atoms with van der Waals surface area (Å²) < 4.78 is -1.00. The fourth-order valence-electron chi connectivity index (χ4n) is 0. The molecule has 0 aliphatic carbocycles. The number of rotatable bonds is 0. The smallest absolute Gasteiger partial charge is 0.114 e. The van der Waals surface area contributed by atoms with E-state index >= 15 is 0 Å². The van der Waals surface area contributed by atoms with Crippen molar-refractivity contribution in [2.75, 3.05) is 0 Å². The molecule has 20 heteroatoms.